The molecule has 174 valence electrons. The van der Waals surface area contributed by atoms with Crippen molar-refractivity contribution >= 4 is 33.1 Å². The summed E-state index contributed by atoms with van der Waals surface area (Å²) < 4.78 is 74.2. The molecule has 0 saturated carbocycles. The number of rotatable bonds is 5. The highest BCUT2D eigenvalue weighted by molar-refractivity contribution is 7.20. The first-order valence-corrected chi connectivity index (χ1v) is 10.2. The Bertz CT molecular complexity index is 1370. The van der Waals surface area contributed by atoms with Crippen LogP contribution < -0.4 is 10.1 Å². The Morgan fingerprint density at radius 1 is 1.18 bits per heavy atom. The molecule has 0 bridgehead atoms. The lowest BCUT2D eigenvalue weighted by Crippen LogP contribution is -2.13. The molecule has 0 spiro atoms. The molecule has 0 unspecified atom stereocenters. The van der Waals surface area contributed by atoms with Crippen molar-refractivity contribution in [1.29, 1.82) is 0 Å². The van der Waals surface area contributed by atoms with Crippen molar-refractivity contribution in [2.24, 2.45) is 7.05 Å². The Hall–Kier alpha value is -3.48. The van der Waals surface area contributed by atoms with Crippen molar-refractivity contribution in [2.75, 3.05) is 5.32 Å². The molecule has 1 amide bonds. The van der Waals surface area contributed by atoms with Crippen LogP contribution in [0.1, 0.15) is 26.8 Å². The molecule has 33 heavy (non-hydrogen) atoms. The van der Waals surface area contributed by atoms with Crippen LogP contribution in [0.4, 0.5) is 27.6 Å². The predicted molar refractivity (Wildman–Crippen MR) is 110 cm³/mol. The van der Waals surface area contributed by atoms with Crippen LogP contribution >= 0.6 is 11.3 Å². The number of nitrogens with one attached hydrogen (secondary N) is 1. The Morgan fingerprint density at radius 3 is 2.58 bits per heavy atom. The number of nitrogens with zero attached hydrogens (tertiary/aromatic N) is 4. The fourth-order valence-corrected chi connectivity index (χ4v) is 4.23. The second kappa shape index (κ2) is 8.14. The predicted octanol–water partition coefficient (Wildman–Crippen LogP) is 5.03. The van der Waals surface area contributed by atoms with Crippen molar-refractivity contribution in [3.8, 4) is 5.75 Å². The van der Waals surface area contributed by atoms with Crippen LogP contribution in [0.15, 0.2) is 24.3 Å². The van der Waals surface area contributed by atoms with E-state index >= 15 is 0 Å². The summed E-state index contributed by atoms with van der Waals surface area (Å²) in [5, 5.41) is 10.2. The van der Waals surface area contributed by atoms with Gasteiger partial charge >= 0.3 is 6.18 Å². The lowest BCUT2D eigenvalue weighted by atomic mass is 10.2. The van der Waals surface area contributed by atoms with Gasteiger partial charge in [-0.3, -0.25) is 9.48 Å². The minimum atomic E-state index is -4.65. The highest BCUT2D eigenvalue weighted by atomic mass is 32.1. The molecule has 4 rings (SSSR count). The normalized spacial score (nSPS) is 11.9. The van der Waals surface area contributed by atoms with Crippen LogP contribution in [-0.2, 0) is 20.0 Å². The number of aryl methyl sites for hydroxylation is 2. The third-order valence-corrected chi connectivity index (χ3v) is 6.06. The summed E-state index contributed by atoms with van der Waals surface area (Å²) in [7, 11) is 1.37. The van der Waals surface area contributed by atoms with Gasteiger partial charge in [0.1, 0.15) is 10.6 Å². The number of amides is 1. The van der Waals surface area contributed by atoms with Gasteiger partial charge < -0.3 is 10.1 Å². The molecule has 13 heteroatoms. The van der Waals surface area contributed by atoms with Gasteiger partial charge in [0.15, 0.2) is 24.0 Å². The monoisotopic (exact) mass is 485 g/mol. The number of thiophene rings is 1. The number of carbonyl (C=O) groups excluding carboxylic acids is 1. The molecule has 0 aliphatic carbocycles. The van der Waals surface area contributed by atoms with E-state index in [0.717, 1.165) is 34.2 Å². The van der Waals surface area contributed by atoms with E-state index in [2.05, 4.69) is 15.5 Å². The van der Waals surface area contributed by atoms with Gasteiger partial charge in [-0.1, -0.05) is 0 Å². The number of hydrogen-bond acceptors (Lipinski definition) is 5. The summed E-state index contributed by atoms with van der Waals surface area (Å²) >= 11 is 0.881. The summed E-state index contributed by atoms with van der Waals surface area (Å²) in [6, 6.07) is 4.04. The number of anilines is 1. The maximum absolute atomic E-state index is 13.8. The topological polar surface area (TPSA) is 74.0 Å². The molecule has 1 aromatic carbocycles. The molecular formula is C20H16F5N5O2S. The number of benzene rings is 1. The zero-order valence-corrected chi connectivity index (χ0v) is 18.2. The summed E-state index contributed by atoms with van der Waals surface area (Å²) in [5.74, 6) is -2.40. The van der Waals surface area contributed by atoms with E-state index in [9.17, 15) is 26.7 Å². The molecule has 1 N–H and O–H groups in total. The quantitative estimate of drug-likeness (QED) is 0.403. The standard InChI is InChI=1S/C20H16F5N5O2S/c1-9-16(10(2)30(27-9)8-32-14-5-4-11(21)6-13(14)22)26-18(31)15-7-12-17(20(23,24)25)28-29(3)19(12)33-15/h4-7H,8H2,1-3H3,(H,26,31). The lowest BCUT2D eigenvalue weighted by molar-refractivity contribution is -0.140. The van der Waals surface area contributed by atoms with Crippen molar-refractivity contribution in [2.45, 2.75) is 26.8 Å². The number of fused-ring (bicyclic) bond motifs is 1. The first-order chi connectivity index (χ1) is 15.5. The van der Waals surface area contributed by atoms with Crippen LogP contribution in [0.2, 0.25) is 0 Å². The third kappa shape index (κ3) is 4.27. The molecule has 0 radical (unpaired) electrons. The molecule has 0 aliphatic rings. The summed E-state index contributed by atoms with van der Waals surface area (Å²) in [6.45, 7) is 3.04. The van der Waals surface area contributed by atoms with E-state index in [1.807, 2.05) is 0 Å². The zero-order chi connectivity index (χ0) is 24.1. The number of halogens is 5. The summed E-state index contributed by atoms with van der Waals surface area (Å²) in [5.41, 5.74) is 0.181. The van der Waals surface area contributed by atoms with E-state index in [0.29, 0.717) is 23.1 Å². The van der Waals surface area contributed by atoms with Gasteiger partial charge in [0, 0.05) is 18.5 Å². The van der Waals surface area contributed by atoms with E-state index in [1.165, 1.54) is 11.7 Å². The largest absolute Gasteiger partial charge is 0.468 e. The molecule has 0 fully saturated rings. The average molecular weight is 485 g/mol. The van der Waals surface area contributed by atoms with Gasteiger partial charge in [0.2, 0.25) is 0 Å². The number of alkyl halides is 3. The maximum atomic E-state index is 13.8. The minimum Gasteiger partial charge on any atom is -0.468 e. The van der Waals surface area contributed by atoms with Crippen LogP contribution in [0.25, 0.3) is 10.2 Å². The molecule has 3 heterocycles. The Kier molecular flexibility index (Phi) is 5.60. The first kappa shape index (κ1) is 22.7. The molecule has 7 nitrogen and oxygen atoms in total. The first-order valence-electron chi connectivity index (χ1n) is 9.42. The van der Waals surface area contributed by atoms with Gasteiger partial charge in [-0.25, -0.2) is 13.5 Å². The maximum Gasteiger partial charge on any atom is 0.435 e. The van der Waals surface area contributed by atoms with Crippen molar-refractivity contribution in [3.05, 3.63) is 57.9 Å². The van der Waals surface area contributed by atoms with Gasteiger partial charge in [-0.2, -0.15) is 23.4 Å². The summed E-state index contributed by atoms with van der Waals surface area (Å²) in [6.07, 6.45) is -4.65. The molecule has 0 aliphatic heterocycles. The average Bonchev–Trinajstić information content (AvgIpc) is 3.36. The highest BCUT2D eigenvalue weighted by Crippen LogP contribution is 2.37. The van der Waals surface area contributed by atoms with Gasteiger partial charge in [0.05, 0.1) is 22.0 Å². The van der Waals surface area contributed by atoms with Crippen LogP contribution in [0.3, 0.4) is 0 Å². The third-order valence-electron chi connectivity index (χ3n) is 4.86. The van der Waals surface area contributed by atoms with Crippen LogP contribution in [0.5, 0.6) is 5.75 Å². The Labute approximate surface area is 187 Å². The molecule has 0 saturated heterocycles. The lowest BCUT2D eigenvalue weighted by Gasteiger charge is -2.09. The second-order valence-corrected chi connectivity index (χ2v) is 8.18. The van der Waals surface area contributed by atoms with E-state index in [4.69, 9.17) is 4.74 Å². The highest BCUT2D eigenvalue weighted by Gasteiger charge is 2.37. The smallest absolute Gasteiger partial charge is 0.435 e. The number of aromatic nitrogens is 4. The van der Waals surface area contributed by atoms with Crippen molar-refractivity contribution in [3.63, 3.8) is 0 Å². The van der Waals surface area contributed by atoms with E-state index in [1.54, 1.807) is 13.8 Å². The van der Waals surface area contributed by atoms with E-state index < -0.39 is 29.4 Å². The fourth-order valence-electron chi connectivity index (χ4n) is 3.26. The fraction of sp³-hybridized carbons (Fsp3) is 0.250. The molecule has 4 aromatic rings. The van der Waals surface area contributed by atoms with Crippen molar-refractivity contribution in [1.82, 2.24) is 19.6 Å². The van der Waals surface area contributed by atoms with Gasteiger partial charge in [-0.15, -0.1) is 11.3 Å². The van der Waals surface area contributed by atoms with Gasteiger partial charge in [0.25, 0.3) is 5.91 Å². The number of hydrogen-bond donors (Lipinski definition) is 1. The number of ether oxygens (including phenoxy) is 1. The van der Waals surface area contributed by atoms with E-state index in [-0.39, 0.29) is 27.6 Å². The van der Waals surface area contributed by atoms with Crippen LogP contribution in [0, 0.1) is 25.5 Å². The van der Waals surface area contributed by atoms with Crippen molar-refractivity contribution < 1.29 is 31.5 Å². The van der Waals surface area contributed by atoms with Crippen LogP contribution in [-0.4, -0.2) is 25.5 Å². The Balaban J connectivity index is 1.55. The SMILES string of the molecule is Cc1nn(COc2ccc(F)cc2F)c(C)c1NC(=O)c1cc2c(C(F)(F)F)nn(C)c2s1. The van der Waals surface area contributed by atoms with Gasteiger partial charge in [-0.05, 0) is 32.0 Å². The zero-order valence-electron chi connectivity index (χ0n) is 17.4. The second-order valence-electron chi connectivity index (χ2n) is 7.15. The Morgan fingerprint density at radius 2 is 1.91 bits per heavy atom. The molecule has 0 atom stereocenters. The molecule has 3 aromatic heterocycles. The summed E-state index contributed by atoms with van der Waals surface area (Å²) in [4.78, 5) is 13.0. The minimum absolute atomic E-state index is 0.0692. The molecular weight excluding hydrogens is 469 g/mol. The number of carbonyl (C=O) groups is 1.